The topological polar surface area (TPSA) is 25.2 Å². The molecule has 4 aromatic rings. The van der Waals surface area contributed by atoms with Gasteiger partial charge < -0.3 is 9.67 Å². The minimum absolute atomic E-state index is 0.315. The highest BCUT2D eigenvalue weighted by molar-refractivity contribution is 5.94. The van der Waals surface area contributed by atoms with Crippen LogP contribution in [0.15, 0.2) is 60.7 Å². The molecule has 1 aliphatic carbocycles. The number of hydrogen-bond acceptors (Lipinski definition) is 1. The zero-order valence-corrected chi connectivity index (χ0v) is 16.5. The lowest BCUT2D eigenvalue weighted by molar-refractivity contribution is 0.476. The summed E-state index contributed by atoms with van der Waals surface area (Å²) in [7, 11) is 0. The lowest BCUT2D eigenvalue weighted by Gasteiger charge is -2.17. The summed E-state index contributed by atoms with van der Waals surface area (Å²) < 4.78 is 2.44. The van der Waals surface area contributed by atoms with Crippen LogP contribution in [0.5, 0.6) is 5.75 Å². The largest absolute Gasteiger partial charge is 0.508 e. The molecule has 0 atom stereocenters. The number of fused-ring (bicyclic) bond motifs is 2. The van der Waals surface area contributed by atoms with E-state index in [1.165, 1.54) is 51.9 Å². The predicted octanol–water partition coefficient (Wildman–Crippen LogP) is 6.50. The van der Waals surface area contributed by atoms with Crippen molar-refractivity contribution in [2.75, 3.05) is 0 Å². The Morgan fingerprint density at radius 3 is 2.32 bits per heavy atom. The van der Waals surface area contributed by atoms with E-state index in [4.69, 9.17) is 0 Å². The standard InChI is InChI=1S/C26H25NO/c1-17-12-15-25(24-16-20(28)13-14-21(17)24)27-18(2)22-10-6-7-11-23(22)26(27)19-8-4-3-5-9-19/h3-5,8-9,12-16,28H,6-7,10-11H2,1-2H3. The number of phenolic OH excluding ortho intramolecular Hbond substituents is 1. The molecule has 5 rings (SSSR count). The van der Waals surface area contributed by atoms with E-state index in [-0.39, 0.29) is 0 Å². The van der Waals surface area contributed by atoms with Gasteiger partial charge in [0.15, 0.2) is 0 Å². The van der Waals surface area contributed by atoms with Crippen LogP contribution in [0.2, 0.25) is 0 Å². The van der Waals surface area contributed by atoms with Crippen molar-refractivity contribution in [1.82, 2.24) is 4.57 Å². The van der Waals surface area contributed by atoms with Crippen LogP contribution in [0.4, 0.5) is 0 Å². The fraction of sp³-hybridized carbons (Fsp3) is 0.231. The highest BCUT2D eigenvalue weighted by Gasteiger charge is 2.25. The van der Waals surface area contributed by atoms with Gasteiger partial charge in [-0.15, -0.1) is 0 Å². The second-order valence-corrected chi connectivity index (χ2v) is 7.93. The first kappa shape index (κ1) is 17.1. The fourth-order valence-electron chi connectivity index (χ4n) is 4.87. The minimum Gasteiger partial charge on any atom is -0.508 e. The highest BCUT2D eigenvalue weighted by Crippen LogP contribution is 2.40. The average molecular weight is 367 g/mol. The SMILES string of the molecule is Cc1ccc(-n2c(C)c3c(c2-c2ccccc2)CCCC3)c2cc(O)ccc12. The molecule has 28 heavy (non-hydrogen) atoms. The van der Waals surface area contributed by atoms with Crippen LogP contribution >= 0.6 is 0 Å². The van der Waals surface area contributed by atoms with Crippen LogP contribution in [0.1, 0.15) is 35.2 Å². The third kappa shape index (κ3) is 2.56. The van der Waals surface area contributed by atoms with Gasteiger partial charge in [-0.25, -0.2) is 0 Å². The number of aromatic hydroxyl groups is 1. The molecule has 140 valence electrons. The molecule has 0 bridgehead atoms. The van der Waals surface area contributed by atoms with E-state index in [2.05, 4.69) is 60.9 Å². The first-order valence-electron chi connectivity index (χ1n) is 10.2. The van der Waals surface area contributed by atoms with Crippen molar-refractivity contribution in [2.45, 2.75) is 39.5 Å². The number of rotatable bonds is 2. The Morgan fingerprint density at radius 1 is 0.786 bits per heavy atom. The van der Waals surface area contributed by atoms with Gasteiger partial charge in [0.1, 0.15) is 5.75 Å². The second-order valence-electron chi connectivity index (χ2n) is 7.93. The van der Waals surface area contributed by atoms with E-state index in [1.54, 1.807) is 6.07 Å². The Hall–Kier alpha value is -3.00. The first-order chi connectivity index (χ1) is 13.6. The van der Waals surface area contributed by atoms with Crippen molar-refractivity contribution < 1.29 is 5.11 Å². The molecule has 1 heterocycles. The smallest absolute Gasteiger partial charge is 0.116 e. The van der Waals surface area contributed by atoms with E-state index in [9.17, 15) is 5.11 Å². The van der Waals surface area contributed by atoms with Crippen molar-refractivity contribution in [3.8, 4) is 22.7 Å². The summed E-state index contributed by atoms with van der Waals surface area (Å²) in [5, 5.41) is 12.5. The average Bonchev–Trinajstić information content (AvgIpc) is 3.02. The zero-order valence-electron chi connectivity index (χ0n) is 16.5. The van der Waals surface area contributed by atoms with E-state index in [1.807, 2.05) is 12.1 Å². The van der Waals surface area contributed by atoms with Crippen LogP contribution < -0.4 is 0 Å². The summed E-state index contributed by atoms with van der Waals surface area (Å²) in [6.07, 6.45) is 4.82. The molecule has 2 nitrogen and oxygen atoms in total. The molecule has 0 amide bonds. The molecule has 1 aromatic heterocycles. The Bertz CT molecular complexity index is 1180. The normalized spacial score (nSPS) is 13.6. The molecule has 2 heteroatoms. The van der Waals surface area contributed by atoms with E-state index in [0.29, 0.717) is 5.75 Å². The maximum Gasteiger partial charge on any atom is 0.116 e. The fourth-order valence-corrected chi connectivity index (χ4v) is 4.87. The Morgan fingerprint density at radius 2 is 1.54 bits per heavy atom. The van der Waals surface area contributed by atoms with E-state index >= 15 is 0 Å². The second kappa shape index (κ2) is 6.56. The maximum atomic E-state index is 10.2. The van der Waals surface area contributed by atoms with Crippen molar-refractivity contribution >= 4 is 10.8 Å². The summed E-state index contributed by atoms with van der Waals surface area (Å²) in [6, 6.07) is 20.9. The van der Waals surface area contributed by atoms with Gasteiger partial charge >= 0.3 is 0 Å². The van der Waals surface area contributed by atoms with Crippen molar-refractivity contribution in [2.24, 2.45) is 0 Å². The lowest BCUT2D eigenvalue weighted by Crippen LogP contribution is -2.02. The van der Waals surface area contributed by atoms with Crippen LogP contribution in [0.3, 0.4) is 0 Å². The maximum absolute atomic E-state index is 10.2. The Kier molecular flexibility index (Phi) is 4.01. The van der Waals surface area contributed by atoms with E-state index < -0.39 is 0 Å². The van der Waals surface area contributed by atoms with Gasteiger partial charge in [0.2, 0.25) is 0 Å². The summed E-state index contributed by atoms with van der Waals surface area (Å²) in [6.45, 7) is 4.39. The molecule has 0 unspecified atom stereocenters. The highest BCUT2D eigenvalue weighted by atomic mass is 16.3. The molecule has 3 aromatic carbocycles. The van der Waals surface area contributed by atoms with Gasteiger partial charge in [-0.2, -0.15) is 0 Å². The summed E-state index contributed by atoms with van der Waals surface area (Å²) in [5.74, 6) is 0.315. The third-order valence-corrected chi connectivity index (χ3v) is 6.23. The number of aryl methyl sites for hydroxylation is 1. The summed E-state index contributed by atoms with van der Waals surface area (Å²) in [5.41, 5.74) is 9.32. The van der Waals surface area contributed by atoms with Crippen LogP contribution in [-0.2, 0) is 12.8 Å². The molecular formula is C26H25NO. The zero-order chi connectivity index (χ0) is 19.3. The van der Waals surface area contributed by atoms with E-state index in [0.717, 1.165) is 23.9 Å². The van der Waals surface area contributed by atoms with Gasteiger partial charge in [0.05, 0.1) is 11.4 Å². The summed E-state index contributed by atoms with van der Waals surface area (Å²) in [4.78, 5) is 0. The molecule has 0 spiro atoms. The third-order valence-electron chi connectivity index (χ3n) is 6.23. The molecule has 1 N–H and O–H groups in total. The molecule has 0 saturated carbocycles. The lowest BCUT2D eigenvalue weighted by atomic mass is 9.91. The molecule has 1 aliphatic rings. The first-order valence-corrected chi connectivity index (χ1v) is 10.2. The van der Waals surface area contributed by atoms with Gasteiger partial charge in [0.25, 0.3) is 0 Å². The Labute approximate surface area is 166 Å². The number of benzene rings is 3. The van der Waals surface area contributed by atoms with Gasteiger partial charge in [-0.05, 0) is 85.4 Å². The molecule has 0 fully saturated rings. The molecule has 0 radical (unpaired) electrons. The molecule has 0 aliphatic heterocycles. The Balaban J connectivity index is 1.90. The molecular weight excluding hydrogens is 342 g/mol. The van der Waals surface area contributed by atoms with Crippen LogP contribution in [-0.4, -0.2) is 9.67 Å². The van der Waals surface area contributed by atoms with Crippen LogP contribution in [0.25, 0.3) is 27.7 Å². The van der Waals surface area contributed by atoms with Crippen molar-refractivity contribution in [1.29, 1.82) is 0 Å². The van der Waals surface area contributed by atoms with Gasteiger partial charge in [-0.1, -0.05) is 42.5 Å². The van der Waals surface area contributed by atoms with Crippen molar-refractivity contribution in [3.05, 3.63) is 83.0 Å². The molecule has 0 saturated heterocycles. The number of hydrogen-bond donors (Lipinski definition) is 1. The predicted molar refractivity (Wildman–Crippen MR) is 116 cm³/mol. The minimum atomic E-state index is 0.315. The van der Waals surface area contributed by atoms with Crippen molar-refractivity contribution in [3.63, 3.8) is 0 Å². The number of aromatic nitrogens is 1. The quantitative estimate of drug-likeness (QED) is 0.430. The number of phenols is 1. The number of nitrogens with zero attached hydrogens (tertiary/aromatic N) is 1. The summed E-state index contributed by atoms with van der Waals surface area (Å²) >= 11 is 0. The van der Waals surface area contributed by atoms with Crippen LogP contribution in [0, 0.1) is 13.8 Å². The monoisotopic (exact) mass is 367 g/mol. The van der Waals surface area contributed by atoms with Gasteiger partial charge in [-0.3, -0.25) is 0 Å². The van der Waals surface area contributed by atoms with Gasteiger partial charge in [0, 0.05) is 11.1 Å².